The summed E-state index contributed by atoms with van der Waals surface area (Å²) in [6.07, 6.45) is 0. The molecule has 3 aromatic rings. The molecule has 3 nitrogen and oxygen atoms in total. The van der Waals surface area contributed by atoms with E-state index in [0.717, 1.165) is 22.7 Å². The van der Waals surface area contributed by atoms with Crippen molar-refractivity contribution < 1.29 is 0 Å². The third-order valence-electron chi connectivity index (χ3n) is 3.37. The minimum atomic E-state index is 0.598. The van der Waals surface area contributed by atoms with Gasteiger partial charge in [0.1, 0.15) is 10.8 Å². The molecule has 0 atom stereocenters. The summed E-state index contributed by atoms with van der Waals surface area (Å²) >= 11 is 1.45. The third kappa shape index (κ3) is 2.90. The molecule has 2 aromatic carbocycles. The van der Waals surface area contributed by atoms with E-state index >= 15 is 0 Å². The Bertz CT molecular complexity index is 707. The molecule has 1 heterocycles. The van der Waals surface area contributed by atoms with Gasteiger partial charge in [-0.2, -0.15) is 4.37 Å². The van der Waals surface area contributed by atoms with Crippen LogP contribution < -0.4 is 10.6 Å². The second-order valence-corrected chi connectivity index (χ2v) is 5.71. The number of anilines is 2. The van der Waals surface area contributed by atoms with Gasteiger partial charge in [0.15, 0.2) is 0 Å². The fraction of sp³-hybridized carbons (Fsp3) is 0.118. The van der Waals surface area contributed by atoms with Gasteiger partial charge in [-0.05, 0) is 22.7 Å². The zero-order valence-electron chi connectivity index (χ0n) is 11.9. The molecule has 106 valence electrons. The van der Waals surface area contributed by atoms with E-state index in [2.05, 4.69) is 52.7 Å². The first-order valence-corrected chi connectivity index (χ1v) is 7.58. The van der Waals surface area contributed by atoms with Crippen LogP contribution in [0.2, 0.25) is 0 Å². The van der Waals surface area contributed by atoms with Crippen LogP contribution in [0.3, 0.4) is 0 Å². The number of nitrogens with zero attached hydrogens (tertiary/aromatic N) is 2. The van der Waals surface area contributed by atoms with Gasteiger partial charge < -0.3 is 10.6 Å². The van der Waals surface area contributed by atoms with Crippen LogP contribution in [-0.2, 0) is 6.54 Å². The molecule has 1 aromatic heterocycles. The zero-order valence-corrected chi connectivity index (χ0v) is 12.7. The van der Waals surface area contributed by atoms with Crippen molar-refractivity contribution in [3.8, 4) is 11.1 Å². The van der Waals surface area contributed by atoms with Crippen LogP contribution in [0, 0.1) is 0 Å². The third-order valence-corrected chi connectivity index (χ3v) is 4.35. The van der Waals surface area contributed by atoms with E-state index in [0.29, 0.717) is 5.82 Å². The fourth-order valence-electron chi connectivity index (χ4n) is 2.36. The Morgan fingerprint density at radius 1 is 1.00 bits per heavy atom. The van der Waals surface area contributed by atoms with E-state index in [1.54, 1.807) is 0 Å². The fourth-order valence-corrected chi connectivity index (χ4v) is 3.15. The van der Waals surface area contributed by atoms with Crippen molar-refractivity contribution >= 4 is 22.4 Å². The Morgan fingerprint density at radius 2 is 1.62 bits per heavy atom. The van der Waals surface area contributed by atoms with Crippen LogP contribution in [0.4, 0.5) is 10.8 Å². The number of aromatic nitrogens is 1. The molecule has 0 aliphatic heterocycles. The first-order chi connectivity index (χ1) is 10.3. The van der Waals surface area contributed by atoms with E-state index in [4.69, 9.17) is 5.73 Å². The first-order valence-electron chi connectivity index (χ1n) is 6.81. The van der Waals surface area contributed by atoms with Crippen molar-refractivity contribution in [3.63, 3.8) is 0 Å². The Labute approximate surface area is 128 Å². The average molecular weight is 295 g/mol. The highest BCUT2D eigenvalue weighted by molar-refractivity contribution is 7.11. The quantitative estimate of drug-likeness (QED) is 0.790. The molecule has 0 spiro atoms. The molecule has 0 aliphatic carbocycles. The molecule has 2 N–H and O–H groups in total. The molecule has 3 rings (SSSR count). The summed E-state index contributed by atoms with van der Waals surface area (Å²) in [4.78, 5) is 2.20. The molecule has 0 fully saturated rings. The van der Waals surface area contributed by atoms with Crippen LogP contribution in [0.1, 0.15) is 5.56 Å². The minimum absolute atomic E-state index is 0.598. The van der Waals surface area contributed by atoms with Gasteiger partial charge in [-0.15, -0.1) is 0 Å². The zero-order chi connectivity index (χ0) is 14.7. The Kier molecular flexibility index (Phi) is 3.88. The largest absolute Gasteiger partial charge is 0.382 e. The summed E-state index contributed by atoms with van der Waals surface area (Å²) in [5, 5.41) is 1.10. The van der Waals surface area contributed by atoms with Crippen LogP contribution in [-0.4, -0.2) is 11.4 Å². The van der Waals surface area contributed by atoms with Crippen LogP contribution >= 0.6 is 11.5 Å². The molecule has 0 aliphatic rings. The lowest BCUT2D eigenvalue weighted by Crippen LogP contribution is -2.15. The Hall–Kier alpha value is -2.33. The van der Waals surface area contributed by atoms with Gasteiger partial charge >= 0.3 is 0 Å². The van der Waals surface area contributed by atoms with Crippen molar-refractivity contribution in [1.29, 1.82) is 0 Å². The average Bonchev–Trinajstić information content (AvgIpc) is 2.91. The Morgan fingerprint density at radius 3 is 2.29 bits per heavy atom. The summed E-state index contributed by atoms with van der Waals surface area (Å²) < 4.78 is 4.33. The highest BCUT2D eigenvalue weighted by atomic mass is 32.1. The number of rotatable bonds is 4. The topological polar surface area (TPSA) is 42.2 Å². The van der Waals surface area contributed by atoms with Crippen LogP contribution in [0.5, 0.6) is 0 Å². The van der Waals surface area contributed by atoms with E-state index in [1.807, 2.05) is 24.3 Å². The minimum Gasteiger partial charge on any atom is -0.382 e. The lowest BCUT2D eigenvalue weighted by molar-refractivity contribution is 0.936. The molecule has 0 unspecified atom stereocenters. The van der Waals surface area contributed by atoms with Gasteiger partial charge in [-0.3, -0.25) is 0 Å². The van der Waals surface area contributed by atoms with Gasteiger partial charge in [-0.1, -0.05) is 60.7 Å². The number of hydrogen-bond donors (Lipinski definition) is 1. The van der Waals surface area contributed by atoms with Gasteiger partial charge in [-0.25, -0.2) is 0 Å². The van der Waals surface area contributed by atoms with Crippen LogP contribution in [0.25, 0.3) is 11.1 Å². The van der Waals surface area contributed by atoms with Crippen LogP contribution in [0.15, 0.2) is 60.7 Å². The molecule has 0 saturated heterocycles. The van der Waals surface area contributed by atoms with Gasteiger partial charge in [0.05, 0.1) is 5.56 Å². The van der Waals surface area contributed by atoms with Gasteiger partial charge in [0.25, 0.3) is 0 Å². The maximum atomic E-state index is 6.08. The SMILES string of the molecule is CN(Cc1ccccc1)c1snc(N)c1-c1ccccc1. The standard InChI is InChI=1S/C17H17N3S/c1-20(12-13-8-4-2-5-9-13)17-15(16(18)19-21-17)14-10-6-3-7-11-14/h2-11H,12H2,1H3,(H2,18,19). The molecule has 0 amide bonds. The molecule has 0 radical (unpaired) electrons. The maximum Gasteiger partial charge on any atom is 0.147 e. The molecule has 4 heteroatoms. The van der Waals surface area contributed by atoms with Crippen molar-refractivity contribution in [2.24, 2.45) is 0 Å². The summed E-state index contributed by atoms with van der Waals surface area (Å²) in [5.41, 5.74) is 9.48. The number of nitrogens with two attached hydrogens (primary N) is 1. The number of nitrogen functional groups attached to an aromatic ring is 1. The van der Waals surface area contributed by atoms with Crippen molar-refractivity contribution in [3.05, 3.63) is 66.2 Å². The molecular weight excluding hydrogens is 278 g/mol. The summed E-state index contributed by atoms with van der Waals surface area (Å²) in [7, 11) is 2.08. The lowest BCUT2D eigenvalue weighted by atomic mass is 10.1. The van der Waals surface area contributed by atoms with Crippen molar-refractivity contribution in [2.45, 2.75) is 6.54 Å². The molecular formula is C17H17N3S. The highest BCUT2D eigenvalue weighted by Crippen LogP contribution is 2.39. The smallest absolute Gasteiger partial charge is 0.147 e. The van der Waals surface area contributed by atoms with E-state index < -0.39 is 0 Å². The first kappa shape index (κ1) is 13.6. The van der Waals surface area contributed by atoms with E-state index in [-0.39, 0.29) is 0 Å². The summed E-state index contributed by atoms with van der Waals surface area (Å²) in [6, 6.07) is 20.6. The predicted molar refractivity (Wildman–Crippen MR) is 90.5 cm³/mol. The van der Waals surface area contributed by atoms with E-state index in [1.165, 1.54) is 17.1 Å². The Balaban J connectivity index is 1.93. The normalized spacial score (nSPS) is 10.5. The maximum absolute atomic E-state index is 6.08. The monoisotopic (exact) mass is 295 g/mol. The molecule has 21 heavy (non-hydrogen) atoms. The highest BCUT2D eigenvalue weighted by Gasteiger charge is 2.16. The van der Waals surface area contributed by atoms with Crippen molar-refractivity contribution in [2.75, 3.05) is 17.7 Å². The number of benzene rings is 2. The second-order valence-electron chi connectivity index (χ2n) is 4.96. The predicted octanol–water partition coefficient (Wildman–Crippen LogP) is 4.03. The van der Waals surface area contributed by atoms with Gasteiger partial charge in [0, 0.05) is 13.6 Å². The number of hydrogen-bond acceptors (Lipinski definition) is 4. The van der Waals surface area contributed by atoms with E-state index in [9.17, 15) is 0 Å². The summed E-state index contributed by atoms with van der Waals surface area (Å²) in [6.45, 7) is 0.836. The van der Waals surface area contributed by atoms with Gasteiger partial charge in [0.2, 0.25) is 0 Å². The molecule has 0 bridgehead atoms. The molecule has 0 saturated carbocycles. The second kappa shape index (κ2) is 5.97. The lowest BCUT2D eigenvalue weighted by Gasteiger charge is -2.19. The summed E-state index contributed by atoms with van der Waals surface area (Å²) in [5.74, 6) is 0.598. The van der Waals surface area contributed by atoms with Crippen molar-refractivity contribution in [1.82, 2.24) is 4.37 Å².